The maximum Gasteiger partial charge on any atom is 0.270 e. The number of hydrogen-bond donors (Lipinski definition) is 0. The van der Waals surface area contributed by atoms with Gasteiger partial charge in [-0.1, -0.05) is 36.4 Å². The Morgan fingerprint density at radius 3 is 2.06 bits per heavy atom. The average molecular weight is 686 g/mol. The highest BCUT2D eigenvalue weighted by molar-refractivity contribution is 6.44. The maximum atomic E-state index is 14.2. The third kappa shape index (κ3) is 6.53. The Labute approximate surface area is 292 Å². The Morgan fingerprint density at radius 2 is 1.51 bits per heavy atom. The molecule has 6 rings (SSSR count). The molecule has 4 aromatic rings. The second-order valence-corrected chi connectivity index (χ2v) is 12.8. The van der Waals surface area contributed by atoms with Crippen LogP contribution in [0.3, 0.4) is 0 Å². The van der Waals surface area contributed by atoms with Crippen LogP contribution in [-0.4, -0.2) is 51.8 Å². The number of carbonyl (C=O) groups is 4. The van der Waals surface area contributed by atoms with E-state index in [0.717, 1.165) is 9.80 Å². The minimum atomic E-state index is -0.740. The lowest BCUT2D eigenvalue weighted by atomic mass is 9.97. The number of nitrogens with zero attached hydrogens (tertiary/aromatic N) is 5. The summed E-state index contributed by atoms with van der Waals surface area (Å²) in [5.41, 5.74) is 1.72. The van der Waals surface area contributed by atoms with Crippen molar-refractivity contribution in [3.63, 3.8) is 0 Å². The highest BCUT2D eigenvalue weighted by Crippen LogP contribution is 2.45. The number of nitro groups is 1. The van der Waals surface area contributed by atoms with Gasteiger partial charge in [0.05, 0.1) is 39.6 Å². The fourth-order valence-electron chi connectivity index (χ4n) is 6.11. The van der Waals surface area contributed by atoms with Gasteiger partial charge in [0, 0.05) is 30.3 Å². The van der Waals surface area contributed by atoms with Gasteiger partial charge in [0.1, 0.15) is 18.0 Å². The summed E-state index contributed by atoms with van der Waals surface area (Å²) in [7, 11) is 0. The Balaban J connectivity index is 1.52. The van der Waals surface area contributed by atoms with Crippen LogP contribution in [0.4, 0.5) is 17.1 Å². The molecule has 4 amide bonds. The summed E-state index contributed by atoms with van der Waals surface area (Å²) in [6, 6.07) is 23.8. The summed E-state index contributed by atoms with van der Waals surface area (Å²) in [4.78, 5) is 83.4. The molecule has 0 aromatic heterocycles. The van der Waals surface area contributed by atoms with Crippen molar-refractivity contribution >= 4 is 58.0 Å². The Kier molecular flexibility index (Phi) is 8.90. The molecule has 0 spiro atoms. The number of rotatable bonds is 9. The number of ether oxygens (including phenoxy) is 1. The van der Waals surface area contributed by atoms with Crippen LogP contribution in [0.2, 0.25) is 0 Å². The fraction of sp³-hybridized carbons (Fsp3) is 0.184. The molecule has 0 bridgehead atoms. The van der Waals surface area contributed by atoms with Gasteiger partial charge in [-0.05, 0) is 74.4 Å². The number of fused-ring (bicyclic) bond motifs is 2. The van der Waals surface area contributed by atoms with Crippen LogP contribution < -0.4 is 14.5 Å². The van der Waals surface area contributed by atoms with Crippen molar-refractivity contribution < 1.29 is 33.6 Å². The smallest absolute Gasteiger partial charge is 0.270 e. The van der Waals surface area contributed by atoms with Crippen LogP contribution in [-0.2, 0) is 20.9 Å². The van der Waals surface area contributed by atoms with Crippen LogP contribution in [0.5, 0.6) is 5.75 Å². The molecular formula is C38H31N5O8. The summed E-state index contributed by atoms with van der Waals surface area (Å²) < 4.78 is 5.98. The van der Waals surface area contributed by atoms with Crippen LogP contribution in [0.1, 0.15) is 65.1 Å². The normalized spacial score (nSPS) is 14.5. The number of nitro benzene ring substituents is 1. The van der Waals surface area contributed by atoms with Crippen LogP contribution in [0.15, 0.2) is 96.0 Å². The van der Waals surface area contributed by atoms with Crippen molar-refractivity contribution in [1.82, 2.24) is 4.90 Å². The highest BCUT2D eigenvalue weighted by Gasteiger charge is 2.40. The molecular weight excluding hydrogens is 654 g/mol. The highest BCUT2D eigenvalue weighted by atomic mass is 16.6. The molecule has 2 aliphatic rings. The zero-order valence-electron chi connectivity index (χ0n) is 28.1. The number of hydrogen-bond acceptors (Lipinski definition) is 10. The summed E-state index contributed by atoms with van der Waals surface area (Å²) in [5.74, 6) is -1.63. The lowest BCUT2D eigenvalue weighted by Crippen LogP contribution is -2.32. The number of amides is 4. The van der Waals surface area contributed by atoms with Gasteiger partial charge in [0.15, 0.2) is 0 Å². The van der Waals surface area contributed by atoms with Crippen molar-refractivity contribution in [2.75, 3.05) is 16.5 Å². The zero-order valence-corrected chi connectivity index (χ0v) is 28.1. The van der Waals surface area contributed by atoms with Crippen molar-refractivity contribution in [2.45, 2.75) is 39.8 Å². The summed E-state index contributed by atoms with van der Waals surface area (Å²) in [6.45, 7) is 6.55. The Hall–Kier alpha value is -6.72. The first kappa shape index (κ1) is 34.2. The molecule has 13 nitrogen and oxygen atoms in total. The molecule has 0 atom stereocenters. The standard InChI is InChI=1S/C38H31N5O8/c1-23(45)42-32-18-15-27(43(49)50)19-31(32)33(37(42)48)34(41(21-39-22-44)26-13-16-28(17-14-26)51-38(2,3)4)25-11-9-24(10-12-25)20-40-35(46)29-7-5-6-8-30(29)36(40)47/h5-19H,20-21H2,1-4H3/b34-33-. The first-order chi connectivity index (χ1) is 24.3. The van der Waals surface area contributed by atoms with E-state index >= 15 is 0 Å². The van der Waals surface area contributed by atoms with E-state index in [1.807, 2.05) is 20.8 Å². The first-order valence-electron chi connectivity index (χ1n) is 15.8. The SMILES string of the molecule is CC(=O)N1C(=O)/C(=C(/c2ccc(CN3C(=O)c4ccccc4C3=O)cc2)N(CN=C=O)c2ccc(OC(C)(C)C)cc2)c2cc([N+](=O)[O-])ccc21. The van der Waals surface area contributed by atoms with E-state index in [9.17, 15) is 34.1 Å². The monoisotopic (exact) mass is 685 g/mol. The third-order valence-corrected chi connectivity index (χ3v) is 8.24. The average Bonchev–Trinajstić information content (AvgIpc) is 3.51. The van der Waals surface area contributed by atoms with Crippen molar-refractivity contribution in [3.05, 3.63) is 129 Å². The van der Waals surface area contributed by atoms with Gasteiger partial charge >= 0.3 is 0 Å². The van der Waals surface area contributed by atoms with Gasteiger partial charge in [0.25, 0.3) is 23.4 Å². The number of benzene rings is 4. The van der Waals surface area contributed by atoms with Crippen molar-refractivity contribution in [2.24, 2.45) is 4.99 Å². The van der Waals surface area contributed by atoms with E-state index in [2.05, 4.69) is 4.99 Å². The van der Waals surface area contributed by atoms with E-state index < -0.39 is 34.2 Å². The Morgan fingerprint density at radius 1 is 0.882 bits per heavy atom. The molecule has 4 aromatic carbocycles. The van der Waals surface area contributed by atoms with E-state index in [0.29, 0.717) is 33.7 Å². The van der Waals surface area contributed by atoms with Crippen LogP contribution in [0.25, 0.3) is 11.3 Å². The lowest BCUT2D eigenvalue weighted by molar-refractivity contribution is -0.384. The van der Waals surface area contributed by atoms with Gasteiger partial charge in [-0.2, -0.15) is 4.99 Å². The number of anilines is 2. The van der Waals surface area contributed by atoms with Gasteiger partial charge in [0.2, 0.25) is 12.0 Å². The molecule has 2 aliphatic heterocycles. The number of imide groups is 2. The van der Waals surface area contributed by atoms with E-state index in [1.165, 1.54) is 31.2 Å². The number of aliphatic imine (C=N–C) groups is 1. The zero-order chi connectivity index (χ0) is 36.6. The lowest BCUT2D eigenvalue weighted by Gasteiger charge is -2.28. The predicted octanol–water partition coefficient (Wildman–Crippen LogP) is 6.13. The molecule has 0 N–H and O–H groups in total. The summed E-state index contributed by atoms with van der Waals surface area (Å²) in [5, 5.41) is 11.9. The minimum Gasteiger partial charge on any atom is -0.488 e. The molecule has 2 heterocycles. The summed E-state index contributed by atoms with van der Waals surface area (Å²) >= 11 is 0. The largest absolute Gasteiger partial charge is 0.488 e. The summed E-state index contributed by atoms with van der Waals surface area (Å²) in [6.07, 6.45) is 1.53. The number of non-ortho nitro benzene ring substituents is 1. The third-order valence-electron chi connectivity index (χ3n) is 8.24. The Bertz CT molecular complexity index is 2160. The molecule has 51 heavy (non-hydrogen) atoms. The predicted molar refractivity (Wildman–Crippen MR) is 187 cm³/mol. The second kappa shape index (κ2) is 13.3. The van der Waals surface area contributed by atoms with E-state index in [4.69, 9.17) is 4.74 Å². The van der Waals surface area contributed by atoms with Crippen molar-refractivity contribution in [1.29, 1.82) is 0 Å². The quantitative estimate of drug-likeness (QED) is 0.0504. The van der Waals surface area contributed by atoms with E-state index in [1.54, 1.807) is 77.7 Å². The minimum absolute atomic E-state index is 0.0288. The van der Waals surface area contributed by atoms with Gasteiger partial charge in [-0.15, -0.1) is 0 Å². The molecule has 0 saturated carbocycles. The van der Waals surface area contributed by atoms with Crippen LogP contribution >= 0.6 is 0 Å². The van der Waals surface area contributed by atoms with Crippen LogP contribution in [0, 0.1) is 10.1 Å². The molecule has 256 valence electrons. The number of isocyanates is 1. The second-order valence-electron chi connectivity index (χ2n) is 12.8. The first-order valence-corrected chi connectivity index (χ1v) is 15.8. The molecule has 13 heteroatoms. The fourth-order valence-corrected chi connectivity index (χ4v) is 6.11. The molecule has 0 radical (unpaired) electrons. The van der Waals surface area contributed by atoms with Gasteiger partial charge in [-0.25, -0.2) is 9.69 Å². The van der Waals surface area contributed by atoms with E-state index in [-0.39, 0.29) is 41.4 Å². The molecule has 0 fully saturated rings. The van der Waals surface area contributed by atoms with Gasteiger partial charge in [-0.3, -0.25) is 34.2 Å². The maximum absolute atomic E-state index is 14.2. The molecule has 0 unspecified atom stereocenters. The molecule has 0 aliphatic carbocycles. The number of carbonyl (C=O) groups excluding carboxylic acids is 5. The van der Waals surface area contributed by atoms with Gasteiger partial charge < -0.3 is 9.64 Å². The molecule has 0 saturated heterocycles. The van der Waals surface area contributed by atoms with Crippen molar-refractivity contribution in [3.8, 4) is 5.75 Å². The topological polar surface area (TPSA) is 160 Å².